The molecule has 2 fully saturated rings. The number of ether oxygens (including phenoxy) is 2. The minimum absolute atomic E-state index is 0.00356. The molecule has 1 heterocycles. The van der Waals surface area contributed by atoms with Crippen molar-refractivity contribution in [1.29, 1.82) is 0 Å². The zero-order chi connectivity index (χ0) is 20.2. The van der Waals surface area contributed by atoms with Crippen LogP contribution in [0.25, 0.3) is 0 Å². The third kappa shape index (κ3) is 4.58. The third-order valence-electron chi connectivity index (χ3n) is 6.45. The highest BCUT2D eigenvalue weighted by Crippen LogP contribution is 2.37. The summed E-state index contributed by atoms with van der Waals surface area (Å²) in [6.07, 6.45) is 6.64. The first kappa shape index (κ1) is 19.8. The maximum absolute atomic E-state index is 12.5. The van der Waals surface area contributed by atoms with Crippen LogP contribution < -0.4 is 14.8 Å². The number of rotatable bonds is 6. The first-order valence-corrected chi connectivity index (χ1v) is 10.8. The van der Waals surface area contributed by atoms with Gasteiger partial charge in [-0.1, -0.05) is 30.3 Å². The summed E-state index contributed by atoms with van der Waals surface area (Å²) in [6, 6.07) is 14.6. The number of benzene rings is 2. The Labute approximate surface area is 173 Å². The highest BCUT2D eigenvalue weighted by Gasteiger charge is 2.30. The van der Waals surface area contributed by atoms with Crippen LogP contribution in [0.3, 0.4) is 0 Å². The Hall–Kier alpha value is -2.49. The Morgan fingerprint density at radius 3 is 2.62 bits per heavy atom. The number of piperidine rings is 1. The smallest absolute Gasteiger partial charge is 0.223 e. The first-order chi connectivity index (χ1) is 14.1. The number of carbonyl (C=O) groups is 1. The summed E-state index contributed by atoms with van der Waals surface area (Å²) in [5.74, 6) is 2.08. The van der Waals surface area contributed by atoms with E-state index in [1.165, 1.54) is 29.5 Å². The lowest BCUT2D eigenvalue weighted by Gasteiger charge is -2.30. The second kappa shape index (κ2) is 8.89. The molecule has 2 atom stereocenters. The molecule has 4 rings (SSSR count). The molecule has 1 aliphatic carbocycles. The highest BCUT2D eigenvalue weighted by atomic mass is 16.5. The molecule has 1 N–H and O–H groups in total. The fraction of sp³-hybridized carbons (Fsp3) is 0.480. The van der Waals surface area contributed by atoms with Crippen LogP contribution in [0.15, 0.2) is 42.5 Å². The van der Waals surface area contributed by atoms with E-state index in [2.05, 4.69) is 42.6 Å². The Morgan fingerprint density at radius 2 is 1.86 bits per heavy atom. The molecule has 0 bridgehead atoms. The molecule has 1 amide bonds. The van der Waals surface area contributed by atoms with Crippen LogP contribution in [0.1, 0.15) is 54.7 Å². The standard InChI is InChI=1S/C25H31NO3/c1-17-7-3-4-8-18(17)13-20-14-21(16-26-25(20)27)19-11-12-23(28-2)24(15-19)29-22-9-5-6-10-22/h3-4,7-8,11-12,15,20-22H,5-6,9-10,13-14,16H2,1-2H3,(H,26,27)/t20-,21-/m1/s1. The van der Waals surface area contributed by atoms with Crippen molar-refractivity contribution in [3.05, 3.63) is 59.2 Å². The average Bonchev–Trinajstić information content (AvgIpc) is 3.24. The molecule has 0 unspecified atom stereocenters. The van der Waals surface area contributed by atoms with E-state index in [1.54, 1.807) is 7.11 Å². The lowest BCUT2D eigenvalue weighted by atomic mass is 9.81. The molecule has 0 aromatic heterocycles. The zero-order valence-electron chi connectivity index (χ0n) is 17.4. The van der Waals surface area contributed by atoms with E-state index in [0.717, 1.165) is 37.2 Å². The molecular weight excluding hydrogens is 362 g/mol. The molecule has 4 nitrogen and oxygen atoms in total. The number of hydrogen-bond acceptors (Lipinski definition) is 3. The normalized spacial score (nSPS) is 22.3. The number of hydrogen-bond donors (Lipinski definition) is 1. The summed E-state index contributed by atoms with van der Waals surface area (Å²) in [6.45, 7) is 2.79. The van der Waals surface area contributed by atoms with Gasteiger partial charge in [-0.05, 0) is 74.3 Å². The van der Waals surface area contributed by atoms with Gasteiger partial charge in [0, 0.05) is 18.4 Å². The average molecular weight is 394 g/mol. The van der Waals surface area contributed by atoms with E-state index >= 15 is 0 Å². The Kier molecular flexibility index (Phi) is 6.08. The van der Waals surface area contributed by atoms with Gasteiger partial charge in [-0.2, -0.15) is 0 Å². The van der Waals surface area contributed by atoms with Gasteiger partial charge in [-0.25, -0.2) is 0 Å². The number of aryl methyl sites for hydroxylation is 1. The van der Waals surface area contributed by atoms with E-state index in [-0.39, 0.29) is 11.8 Å². The molecule has 1 saturated carbocycles. The van der Waals surface area contributed by atoms with Gasteiger partial charge < -0.3 is 14.8 Å². The minimum Gasteiger partial charge on any atom is -0.493 e. The fourth-order valence-corrected chi connectivity index (χ4v) is 4.66. The molecule has 154 valence electrons. The second-order valence-electron chi connectivity index (χ2n) is 8.44. The molecule has 0 spiro atoms. The van der Waals surface area contributed by atoms with Crippen molar-refractivity contribution in [2.75, 3.05) is 13.7 Å². The molecule has 1 aliphatic heterocycles. The van der Waals surface area contributed by atoms with Crippen LogP contribution in [0.4, 0.5) is 0 Å². The summed E-state index contributed by atoms with van der Waals surface area (Å²) >= 11 is 0. The first-order valence-electron chi connectivity index (χ1n) is 10.8. The van der Waals surface area contributed by atoms with Crippen molar-refractivity contribution in [3.63, 3.8) is 0 Å². The number of nitrogens with one attached hydrogen (secondary N) is 1. The summed E-state index contributed by atoms with van der Waals surface area (Å²) in [4.78, 5) is 12.5. The summed E-state index contributed by atoms with van der Waals surface area (Å²) in [5, 5.41) is 3.13. The van der Waals surface area contributed by atoms with Crippen molar-refractivity contribution in [1.82, 2.24) is 5.32 Å². The van der Waals surface area contributed by atoms with Crippen molar-refractivity contribution in [2.45, 2.75) is 57.5 Å². The molecule has 2 aromatic rings. The summed E-state index contributed by atoms with van der Waals surface area (Å²) < 4.78 is 11.8. The van der Waals surface area contributed by atoms with Crippen molar-refractivity contribution >= 4 is 5.91 Å². The molecule has 1 saturated heterocycles. The molecule has 2 aliphatic rings. The van der Waals surface area contributed by atoms with Crippen LogP contribution in [0, 0.1) is 12.8 Å². The minimum atomic E-state index is -0.00356. The van der Waals surface area contributed by atoms with E-state index in [0.29, 0.717) is 18.6 Å². The zero-order valence-corrected chi connectivity index (χ0v) is 17.4. The SMILES string of the molecule is COc1ccc([C@H]2CNC(=O)[C@H](Cc3ccccc3C)C2)cc1OC1CCCC1. The molecule has 2 aromatic carbocycles. The number of methoxy groups -OCH3 is 1. The van der Waals surface area contributed by atoms with E-state index in [9.17, 15) is 4.79 Å². The van der Waals surface area contributed by atoms with Gasteiger partial charge in [-0.15, -0.1) is 0 Å². The van der Waals surface area contributed by atoms with Gasteiger partial charge in [0.05, 0.1) is 13.2 Å². The summed E-state index contributed by atoms with van der Waals surface area (Å²) in [7, 11) is 1.69. The van der Waals surface area contributed by atoms with Crippen molar-refractivity contribution in [3.8, 4) is 11.5 Å². The second-order valence-corrected chi connectivity index (χ2v) is 8.44. The monoisotopic (exact) mass is 393 g/mol. The van der Waals surface area contributed by atoms with Gasteiger partial charge in [0.2, 0.25) is 5.91 Å². The van der Waals surface area contributed by atoms with Crippen molar-refractivity contribution < 1.29 is 14.3 Å². The maximum atomic E-state index is 12.5. The van der Waals surface area contributed by atoms with Gasteiger partial charge in [-0.3, -0.25) is 4.79 Å². The summed E-state index contributed by atoms with van der Waals surface area (Å²) in [5.41, 5.74) is 3.72. The Bertz CT molecular complexity index is 857. The quantitative estimate of drug-likeness (QED) is 0.768. The van der Waals surface area contributed by atoms with Gasteiger partial charge in [0.25, 0.3) is 0 Å². The van der Waals surface area contributed by atoms with Gasteiger partial charge in [0.15, 0.2) is 11.5 Å². The highest BCUT2D eigenvalue weighted by molar-refractivity contribution is 5.80. The molecule has 0 radical (unpaired) electrons. The number of amides is 1. The topological polar surface area (TPSA) is 47.6 Å². The Balaban J connectivity index is 1.51. The van der Waals surface area contributed by atoms with Gasteiger partial charge in [0.1, 0.15) is 0 Å². The van der Waals surface area contributed by atoms with Crippen LogP contribution in [0.2, 0.25) is 0 Å². The lowest BCUT2D eigenvalue weighted by molar-refractivity contribution is -0.126. The van der Waals surface area contributed by atoms with Crippen LogP contribution in [-0.4, -0.2) is 25.7 Å². The Morgan fingerprint density at radius 1 is 1.07 bits per heavy atom. The predicted molar refractivity (Wildman–Crippen MR) is 115 cm³/mol. The van der Waals surface area contributed by atoms with Crippen molar-refractivity contribution in [2.24, 2.45) is 5.92 Å². The lowest BCUT2D eigenvalue weighted by Crippen LogP contribution is -2.41. The van der Waals surface area contributed by atoms with Gasteiger partial charge >= 0.3 is 0 Å². The van der Waals surface area contributed by atoms with Crippen LogP contribution in [0.5, 0.6) is 11.5 Å². The number of carbonyl (C=O) groups excluding carboxylic acids is 1. The predicted octanol–water partition coefficient (Wildman–Crippen LogP) is 4.79. The van der Waals surface area contributed by atoms with E-state index in [4.69, 9.17) is 9.47 Å². The van der Waals surface area contributed by atoms with E-state index in [1.807, 2.05) is 12.1 Å². The fourth-order valence-electron chi connectivity index (χ4n) is 4.66. The third-order valence-corrected chi connectivity index (χ3v) is 6.45. The van der Waals surface area contributed by atoms with E-state index < -0.39 is 0 Å². The molecule has 29 heavy (non-hydrogen) atoms. The maximum Gasteiger partial charge on any atom is 0.223 e. The van der Waals surface area contributed by atoms with Crippen LogP contribution >= 0.6 is 0 Å². The largest absolute Gasteiger partial charge is 0.493 e. The van der Waals surface area contributed by atoms with Crippen LogP contribution in [-0.2, 0) is 11.2 Å². The molecule has 4 heteroatoms. The molecular formula is C25H31NO3.